The van der Waals surface area contributed by atoms with Gasteiger partial charge in [0, 0.05) is 12.7 Å². The van der Waals surface area contributed by atoms with Gasteiger partial charge in [-0.05, 0) is 42.3 Å². The lowest BCUT2D eigenvalue weighted by Crippen LogP contribution is -2.27. The van der Waals surface area contributed by atoms with E-state index < -0.39 is 0 Å². The predicted molar refractivity (Wildman–Crippen MR) is 127 cm³/mol. The molecule has 164 valence electrons. The maximum absolute atomic E-state index is 13.2. The van der Waals surface area contributed by atoms with E-state index in [-0.39, 0.29) is 53.3 Å². The molecule has 0 bridgehead atoms. The summed E-state index contributed by atoms with van der Waals surface area (Å²) in [5, 5.41) is 12.2. The van der Waals surface area contributed by atoms with Gasteiger partial charge < -0.3 is 10.4 Å². The topological polar surface area (TPSA) is 86.9 Å². The SMILES string of the molecule is Cc1cccn2c(=O)c(/C=C3/SC(=S)N(Cc4ccc(F)cc4)C3=O)c(NCCO)nc12. The third-order valence-electron chi connectivity index (χ3n) is 4.89. The standard InChI is InChI=1S/C22H19FN4O3S2/c1-13-3-2-9-26-19(13)25-18(24-8-10-28)16(20(26)29)11-17-21(30)27(22(31)32-17)12-14-4-6-15(23)7-5-14/h2-7,9,11,24,28H,8,10,12H2,1H3/b17-11+. The van der Waals surface area contributed by atoms with Crippen molar-refractivity contribution in [2.75, 3.05) is 18.5 Å². The summed E-state index contributed by atoms with van der Waals surface area (Å²) in [5.41, 5.74) is 1.89. The molecule has 0 saturated carbocycles. The Morgan fingerprint density at radius 3 is 2.72 bits per heavy atom. The van der Waals surface area contributed by atoms with E-state index >= 15 is 0 Å². The number of halogens is 1. The van der Waals surface area contributed by atoms with E-state index in [0.717, 1.165) is 22.9 Å². The molecular formula is C22H19FN4O3S2. The number of rotatable bonds is 6. The number of anilines is 1. The van der Waals surface area contributed by atoms with E-state index in [0.29, 0.717) is 9.97 Å². The van der Waals surface area contributed by atoms with Gasteiger partial charge in [-0.25, -0.2) is 9.37 Å². The summed E-state index contributed by atoms with van der Waals surface area (Å²) in [4.78, 5) is 32.5. The first-order chi connectivity index (χ1) is 15.4. The zero-order valence-electron chi connectivity index (χ0n) is 17.0. The second-order valence-electron chi connectivity index (χ2n) is 7.11. The smallest absolute Gasteiger partial charge is 0.267 e. The summed E-state index contributed by atoms with van der Waals surface area (Å²) in [7, 11) is 0. The molecule has 0 atom stereocenters. The van der Waals surface area contributed by atoms with E-state index in [1.807, 2.05) is 13.0 Å². The van der Waals surface area contributed by atoms with Crippen molar-refractivity contribution in [3.05, 3.63) is 80.4 Å². The van der Waals surface area contributed by atoms with E-state index in [1.165, 1.54) is 27.5 Å². The minimum absolute atomic E-state index is 0.145. The summed E-state index contributed by atoms with van der Waals surface area (Å²) in [6.45, 7) is 2.10. The molecule has 2 N–H and O–H groups in total. The van der Waals surface area contributed by atoms with E-state index in [9.17, 15) is 19.1 Å². The maximum atomic E-state index is 13.2. The Labute approximate surface area is 192 Å². The molecule has 0 unspecified atom stereocenters. The van der Waals surface area contributed by atoms with Crippen LogP contribution in [0.3, 0.4) is 0 Å². The fourth-order valence-electron chi connectivity index (χ4n) is 3.29. The molecule has 0 spiro atoms. The van der Waals surface area contributed by atoms with Crippen LogP contribution in [0.25, 0.3) is 11.7 Å². The lowest BCUT2D eigenvalue weighted by Gasteiger charge is -2.14. The van der Waals surface area contributed by atoms with Crippen LogP contribution in [0.5, 0.6) is 0 Å². The highest BCUT2D eigenvalue weighted by Crippen LogP contribution is 2.34. The predicted octanol–water partition coefficient (Wildman–Crippen LogP) is 2.95. The molecule has 0 radical (unpaired) electrons. The minimum Gasteiger partial charge on any atom is -0.395 e. The van der Waals surface area contributed by atoms with Crippen LogP contribution in [0, 0.1) is 12.7 Å². The van der Waals surface area contributed by atoms with Gasteiger partial charge in [-0.2, -0.15) is 0 Å². The molecule has 1 fully saturated rings. The fraction of sp³-hybridized carbons (Fsp3) is 0.182. The summed E-state index contributed by atoms with van der Waals surface area (Å²) in [5.74, 6) is -0.421. The third-order valence-corrected chi connectivity index (χ3v) is 6.27. The Bertz CT molecular complexity index is 1310. The molecule has 1 aliphatic rings. The van der Waals surface area contributed by atoms with Gasteiger partial charge in [0.05, 0.1) is 23.6 Å². The van der Waals surface area contributed by atoms with Crippen LogP contribution in [0.2, 0.25) is 0 Å². The van der Waals surface area contributed by atoms with Crippen molar-refractivity contribution in [2.45, 2.75) is 13.5 Å². The molecule has 1 amide bonds. The van der Waals surface area contributed by atoms with Gasteiger partial charge in [-0.3, -0.25) is 18.9 Å². The summed E-state index contributed by atoms with van der Waals surface area (Å²) in [6, 6.07) is 9.43. The van der Waals surface area contributed by atoms with Crippen molar-refractivity contribution in [3.8, 4) is 0 Å². The number of aliphatic hydroxyl groups is 1. The number of nitrogens with one attached hydrogen (secondary N) is 1. The van der Waals surface area contributed by atoms with Crippen molar-refractivity contribution < 1.29 is 14.3 Å². The quantitative estimate of drug-likeness (QED) is 0.423. The monoisotopic (exact) mass is 470 g/mol. The number of amides is 1. The molecular weight excluding hydrogens is 451 g/mol. The van der Waals surface area contributed by atoms with Gasteiger partial charge in [0.2, 0.25) is 0 Å². The molecule has 1 saturated heterocycles. The van der Waals surface area contributed by atoms with Crippen molar-refractivity contribution in [2.24, 2.45) is 0 Å². The third kappa shape index (κ3) is 4.29. The highest BCUT2D eigenvalue weighted by molar-refractivity contribution is 8.26. The molecule has 1 aliphatic heterocycles. The number of pyridine rings is 1. The lowest BCUT2D eigenvalue weighted by atomic mass is 10.2. The Kier molecular flexibility index (Phi) is 6.35. The Hall–Kier alpha value is -3.08. The number of benzene rings is 1. The van der Waals surface area contributed by atoms with Gasteiger partial charge in [0.15, 0.2) is 0 Å². The van der Waals surface area contributed by atoms with Crippen molar-refractivity contribution in [1.82, 2.24) is 14.3 Å². The highest BCUT2D eigenvalue weighted by Gasteiger charge is 2.32. The molecule has 3 heterocycles. The number of hydrogen-bond acceptors (Lipinski definition) is 7. The van der Waals surface area contributed by atoms with Crippen LogP contribution >= 0.6 is 24.0 Å². The van der Waals surface area contributed by atoms with Crippen molar-refractivity contribution in [1.29, 1.82) is 0 Å². The van der Waals surface area contributed by atoms with Crippen LogP contribution < -0.4 is 10.9 Å². The van der Waals surface area contributed by atoms with Gasteiger partial charge in [0.25, 0.3) is 11.5 Å². The number of aliphatic hydroxyl groups excluding tert-OH is 1. The average molecular weight is 471 g/mol. The Balaban J connectivity index is 1.74. The van der Waals surface area contributed by atoms with Crippen molar-refractivity contribution >= 4 is 51.7 Å². The number of carbonyl (C=O) groups excluding carboxylic acids is 1. The largest absolute Gasteiger partial charge is 0.395 e. The molecule has 4 rings (SSSR count). The first kappa shape index (κ1) is 22.1. The Morgan fingerprint density at radius 2 is 2.00 bits per heavy atom. The lowest BCUT2D eigenvalue weighted by molar-refractivity contribution is -0.122. The van der Waals surface area contributed by atoms with Crippen LogP contribution in [0.4, 0.5) is 10.2 Å². The number of fused-ring (bicyclic) bond motifs is 1. The highest BCUT2D eigenvalue weighted by atomic mass is 32.2. The second kappa shape index (κ2) is 9.19. The van der Waals surface area contributed by atoms with E-state index in [1.54, 1.807) is 24.4 Å². The normalized spacial score (nSPS) is 15.2. The van der Waals surface area contributed by atoms with Gasteiger partial charge in [0.1, 0.15) is 21.6 Å². The first-order valence-electron chi connectivity index (χ1n) is 9.75. The van der Waals surface area contributed by atoms with Crippen LogP contribution in [0.1, 0.15) is 16.7 Å². The second-order valence-corrected chi connectivity index (χ2v) is 8.78. The number of thioether (sulfide) groups is 1. The van der Waals surface area contributed by atoms with E-state index in [4.69, 9.17) is 12.2 Å². The zero-order chi connectivity index (χ0) is 22.8. The number of aryl methyl sites for hydroxylation is 1. The summed E-state index contributed by atoms with van der Waals surface area (Å²) >= 11 is 6.46. The van der Waals surface area contributed by atoms with Crippen LogP contribution in [0.15, 0.2) is 52.3 Å². The number of hydrogen-bond donors (Lipinski definition) is 2. The number of aromatic nitrogens is 2. The number of nitrogens with zero attached hydrogens (tertiary/aromatic N) is 3. The zero-order valence-corrected chi connectivity index (χ0v) is 18.7. The minimum atomic E-state index is -0.360. The van der Waals surface area contributed by atoms with Crippen LogP contribution in [-0.4, -0.2) is 42.8 Å². The Morgan fingerprint density at radius 1 is 1.25 bits per heavy atom. The first-order valence-corrected chi connectivity index (χ1v) is 11.0. The molecule has 2 aromatic heterocycles. The van der Waals surface area contributed by atoms with Crippen LogP contribution in [-0.2, 0) is 11.3 Å². The summed E-state index contributed by atoms with van der Waals surface area (Å²) < 4.78 is 14.9. The van der Waals surface area contributed by atoms with Gasteiger partial charge in [-0.1, -0.05) is 42.2 Å². The molecule has 32 heavy (non-hydrogen) atoms. The molecule has 7 nitrogen and oxygen atoms in total. The summed E-state index contributed by atoms with van der Waals surface area (Å²) in [6.07, 6.45) is 3.10. The van der Waals surface area contributed by atoms with Gasteiger partial charge in [-0.15, -0.1) is 0 Å². The molecule has 3 aromatic rings. The molecule has 1 aromatic carbocycles. The molecule has 0 aliphatic carbocycles. The number of carbonyl (C=O) groups is 1. The average Bonchev–Trinajstić information content (AvgIpc) is 3.04. The maximum Gasteiger partial charge on any atom is 0.267 e. The molecule has 10 heteroatoms. The van der Waals surface area contributed by atoms with Crippen molar-refractivity contribution in [3.63, 3.8) is 0 Å². The number of thiocarbonyl (C=S) groups is 1. The van der Waals surface area contributed by atoms with Gasteiger partial charge >= 0.3 is 0 Å². The van der Waals surface area contributed by atoms with E-state index in [2.05, 4.69) is 10.3 Å². The fourth-order valence-corrected chi connectivity index (χ4v) is 4.53.